The third-order valence-electron chi connectivity index (χ3n) is 4.85. The van der Waals surface area contributed by atoms with Crippen molar-refractivity contribution in [2.24, 2.45) is 11.3 Å². The second-order valence-electron chi connectivity index (χ2n) is 6.94. The molecule has 2 aliphatic rings. The fraction of sp³-hybridized carbons (Fsp3) is 0.625. The smallest absolute Gasteiger partial charge is 0.319 e. The summed E-state index contributed by atoms with van der Waals surface area (Å²) in [6, 6.07) is 3.72. The Bertz CT molecular complexity index is 556. The first kappa shape index (κ1) is 15.1. The van der Waals surface area contributed by atoms with Gasteiger partial charge in [0.2, 0.25) is 0 Å². The molecule has 1 aromatic heterocycles. The number of hydrogen-bond acceptors (Lipinski definition) is 4. The number of carbonyl (C=O) groups is 1. The van der Waals surface area contributed by atoms with E-state index in [0.717, 1.165) is 18.8 Å². The van der Waals surface area contributed by atoms with Gasteiger partial charge in [0.1, 0.15) is 5.82 Å². The molecule has 3 atom stereocenters. The zero-order valence-corrected chi connectivity index (χ0v) is 13.6. The zero-order valence-electron chi connectivity index (χ0n) is 13.6. The fourth-order valence-electron chi connectivity index (χ4n) is 3.65. The van der Waals surface area contributed by atoms with E-state index in [1.165, 1.54) is 0 Å². The van der Waals surface area contributed by atoms with E-state index in [4.69, 9.17) is 4.74 Å². The van der Waals surface area contributed by atoms with Gasteiger partial charge in [-0.2, -0.15) is 0 Å². The summed E-state index contributed by atoms with van der Waals surface area (Å²) in [5.74, 6) is 1.30. The number of nitrogens with zero attached hydrogens (tertiary/aromatic N) is 2. The molecule has 3 rings (SSSR count). The van der Waals surface area contributed by atoms with Crippen LogP contribution in [0.4, 0.5) is 16.3 Å². The molecule has 0 unspecified atom stereocenters. The summed E-state index contributed by atoms with van der Waals surface area (Å²) in [7, 11) is 3.86. The Hall–Kier alpha value is -1.82. The highest BCUT2D eigenvalue weighted by Gasteiger charge is 2.59. The number of urea groups is 1. The third kappa shape index (κ3) is 2.52. The van der Waals surface area contributed by atoms with Crippen molar-refractivity contribution in [3.8, 4) is 0 Å². The molecule has 2 N–H and O–H groups in total. The quantitative estimate of drug-likeness (QED) is 0.897. The molecule has 1 saturated heterocycles. The highest BCUT2D eigenvalue weighted by Crippen LogP contribution is 2.52. The monoisotopic (exact) mass is 304 g/mol. The van der Waals surface area contributed by atoms with Gasteiger partial charge in [0.25, 0.3) is 0 Å². The van der Waals surface area contributed by atoms with Gasteiger partial charge in [-0.1, -0.05) is 13.8 Å². The lowest BCUT2D eigenvalue weighted by molar-refractivity contribution is -0.107. The minimum atomic E-state index is -0.178. The van der Waals surface area contributed by atoms with Gasteiger partial charge in [-0.05, 0) is 18.6 Å². The van der Waals surface area contributed by atoms with Crippen molar-refractivity contribution in [2.45, 2.75) is 32.4 Å². The van der Waals surface area contributed by atoms with Crippen molar-refractivity contribution in [1.29, 1.82) is 0 Å². The van der Waals surface area contributed by atoms with Crippen molar-refractivity contribution >= 4 is 17.5 Å². The molecule has 2 amide bonds. The maximum atomic E-state index is 12.2. The van der Waals surface area contributed by atoms with E-state index in [1.54, 1.807) is 6.20 Å². The van der Waals surface area contributed by atoms with Gasteiger partial charge in [-0.15, -0.1) is 0 Å². The molecule has 0 aromatic carbocycles. The van der Waals surface area contributed by atoms with E-state index < -0.39 is 0 Å². The maximum Gasteiger partial charge on any atom is 0.319 e. The number of hydrogen-bond donors (Lipinski definition) is 2. The summed E-state index contributed by atoms with van der Waals surface area (Å²) in [6.07, 6.45) is 2.97. The summed E-state index contributed by atoms with van der Waals surface area (Å²) < 4.78 is 5.75. The van der Waals surface area contributed by atoms with Gasteiger partial charge in [-0.25, -0.2) is 9.78 Å². The second-order valence-corrected chi connectivity index (χ2v) is 6.94. The minimum Gasteiger partial charge on any atom is -0.377 e. The van der Waals surface area contributed by atoms with Crippen LogP contribution in [0.1, 0.15) is 20.3 Å². The predicted octanol–water partition coefficient (Wildman–Crippen LogP) is 2.08. The Morgan fingerprint density at radius 2 is 2.18 bits per heavy atom. The molecule has 0 radical (unpaired) electrons. The minimum absolute atomic E-state index is 0.00840. The zero-order chi connectivity index (χ0) is 15.9. The average molecular weight is 304 g/mol. The van der Waals surface area contributed by atoms with E-state index >= 15 is 0 Å². The lowest BCUT2D eigenvalue weighted by Crippen LogP contribution is -2.67. The molecule has 1 aromatic rings. The van der Waals surface area contributed by atoms with Gasteiger partial charge < -0.3 is 20.3 Å². The van der Waals surface area contributed by atoms with Gasteiger partial charge >= 0.3 is 6.03 Å². The van der Waals surface area contributed by atoms with Gasteiger partial charge in [0, 0.05) is 38.1 Å². The first-order valence-corrected chi connectivity index (χ1v) is 7.72. The van der Waals surface area contributed by atoms with Crippen LogP contribution >= 0.6 is 0 Å². The lowest BCUT2D eigenvalue weighted by Gasteiger charge is -2.54. The van der Waals surface area contributed by atoms with Crippen LogP contribution in [0.3, 0.4) is 0 Å². The number of anilines is 2. The summed E-state index contributed by atoms with van der Waals surface area (Å²) >= 11 is 0. The second kappa shape index (κ2) is 5.43. The summed E-state index contributed by atoms with van der Waals surface area (Å²) in [6.45, 7) is 5.10. The predicted molar refractivity (Wildman–Crippen MR) is 86.1 cm³/mol. The van der Waals surface area contributed by atoms with Crippen LogP contribution in [0.15, 0.2) is 18.3 Å². The van der Waals surface area contributed by atoms with Crippen LogP contribution in [0.5, 0.6) is 0 Å². The SMILES string of the molecule is CN(C)c1ccc(NC(=O)N[C@@H]2[C@@H]3CCO[C@H]3C2(C)C)cn1. The highest BCUT2D eigenvalue weighted by molar-refractivity contribution is 5.89. The average Bonchev–Trinajstić information content (AvgIpc) is 2.92. The number of amides is 2. The van der Waals surface area contributed by atoms with E-state index in [1.807, 2.05) is 31.1 Å². The molecule has 0 spiro atoms. The number of aromatic nitrogens is 1. The molecular formula is C16H24N4O2. The molecule has 6 nitrogen and oxygen atoms in total. The van der Waals surface area contributed by atoms with Crippen LogP contribution < -0.4 is 15.5 Å². The van der Waals surface area contributed by atoms with E-state index in [9.17, 15) is 4.79 Å². The first-order chi connectivity index (χ1) is 10.4. The van der Waals surface area contributed by atoms with E-state index in [2.05, 4.69) is 29.5 Å². The molecule has 2 heterocycles. The van der Waals surface area contributed by atoms with Gasteiger partial charge in [-0.3, -0.25) is 0 Å². The van der Waals surface area contributed by atoms with Crippen molar-refractivity contribution in [3.63, 3.8) is 0 Å². The molecular weight excluding hydrogens is 280 g/mol. The topological polar surface area (TPSA) is 66.5 Å². The molecule has 6 heteroatoms. The largest absolute Gasteiger partial charge is 0.377 e. The van der Waals surface area contributed by atoms with Crippen molar-refractivity contribution in [1.82, 2.24) is 10.3 Å². The van der Waals surface area contributed by atoms with Crippen molar-refractivity contribution < 1.29 is 9.53 Å². The Balaban J connectivity index is 1.58. The molecule has 1 aliphatic carbocycles. The van der Waals surface area contributed by atoms with Crippen LogP contribution in [0, 0.1) is 11.3 Å². The fourth-order valence-corrected chi connectivity index (χ4v) is 3.65. The Morgan fingerprint density at radius 1 is 1.41 bits per heavy atom. The normalized spacial score (nSPS) is 28.5. The molecule has 22 heavy (non-hydrogen) atoms. The Kier molecular flexibility index (Phi) is 3.72. The molecule has 2 fully saturated rings. The Morgan fingerprint density at radius 3 is 2.82 bits per heavy atom. The number of carbonyl (C=O) groups excluding carboxylic acids is 1. The van der Waals surface area contributed by atoms with E-state index in [0.29, 0.717) is 11.6 Å². The van der Waals surface area contributed by atoms with Crippen molar-refractivity contribution in [2.75, 3.05) is 30.9 Å². The standard InChI is InChI=1S/C16H24N4O2/c1-16(2)13(11-7-8-22-14(11)16)19-15(21)18-10-5-6-12(17-9-10)20(3)4/h5-6,9,11,13-14H,7-8H2,1-4H3,(H2,18,19,21)/t11-,13+,14+/m0/s1. The number of fused-ring (bicyclic) bond motifs is 1. The van der Waals surface area contributed by atoms with Crippen LogP contribution in [0.2, 0.25) is 0 Å². The van der Waals surface area contributed by atoms with Crippen LogP contribution in [0.25, 0.3) is 0 Å². The van der Waals surface area contributed by atoms with E-state index in [-0.39, 0.29) is 23.6 Å². The molecule has 1 aliphatic heterocycles. The van der Waals surface area contributed by atoms with Crippen molar-refractivity contribution in [3.05, 3.63) is 18.3 Å². The van der Waals surface area contributed by atoms with Crippen LogP contribution in [-0.4, -0.2) is 43.9 Å². The highest BCUT2D eigenvalue weighted by atomic mass is 16.5. The summed E-state index contributed by atoms with van der Waals surface area (Å²) in [5.41, 5.74) is 0.686. The summed E-state index contributed by atoms with van der Waals surface area (Å²) in [4.78, 5) is 18.4. The number of ether oxygens (including phenoxy) is 1. The number of pyridine rings is 1. The maximum absolute atomic E-state index is 12.2. The summed E-state index contributed by atoms with van der Waals surface area (Å²) in [5, 5.41) is 5.95. The molecule has 120 valence electrons. The molecule has 0 bridgehead atoms. The van der Waals surface area contributed by atoms with Crippen LogP contribution in [-0.2, 0) is 4.74 Å². The van der Waals surface area contributed by atoms with Gasteiger partial charge in [0.15, 0.2) is 0 Å². The molecule has 1 saturated carbocycles. The Labute approximate surface area is 131 Å². The van der Waals surface area contributed by atoms with Gasteiger partial charge in [0.05, 0.1) is 18.0 Å². The lowest BCUT2D eigenvalue weighted by atomic mass is 9.57. The first-order valence-electron chi connectivity index (χ1n) is 7.72. The third-order valence-corrected chi connectivity index (χ3v) is 4.85. The number of rotatable bonds is 3. The number of nitrogens with one attached hydrogen (secondary N) is 2.